The van der Waals surface area contributed by atoms with E-state index < -0.39 is 17.9 Å². The first kappa shape index (κ1) is 12.2. The van der Waals surface area contributed by atoms with Gasteiger partial charge in [0.1, 0.15) is 12.6 Å². The number of nitrogens with two attached hydrogens (primary N) is 1. The van der Waals surface area contributed by atoms with Gasteiger partial charge in [0, 0.05) is 7.05 Å². The van der Waals surface area contributed by atoms with E-state index in [1.54, 1.807) is 24.3 Å². The van der Waals surface area contributed by atoms with Crippen LogP contribution < -0.4 is 5.73 Å². The van der Waals surface area contributed by atoms with E-state index in [9.17, 15) is 9.59 Å². The van der Waals surface area contributed by atoms with Crippen LogP contribution in [0.4, 0.5) is 0 Å². The lowest BCUT2D eigenvalue weighted by Crippen LogP contribution is -2.38. The first-order valence-corrected chi connectivity index (χ1v) is 4.79. The number of carbonyl (C=O) groups is 2. The van der Waals surface area contributed by atoms with E-state index in [0.717, 1.165) is 4.90 Å². The molecule has 5 nitrogen and oxygen atoms in total. The number of carboxylic acid groups (broad SMARTS) is 1. The van der Waals surface area contributed by atoms with E-state index in [1.807, 2.05) is 6.07 Å². The predicted octanol–water partition coefficient (Wildman–Crippen LogP) is 0.229. The molecule has 0 radical (unpaired) electrons. The van der Waals surface area contributed by atoms with E-state index in [0.29, 0.717) is 5.56 Å². The van der Waals surface area contributed by atoms with Gasteiger partial charge in [-0.2, -0.15) is 0 Å². The number of hydrogen-bond donors (Lipinski definition) is 2. The van der Waals surface area contributed by atoms with Crippen molar-refractivity contribution in [2.75, 3.05) is 13.6 Å². The zero-order chi connectivity index (χ0) is 12.1. The number of aliphatic carboxylic acids is 1. The van der Waals surface area contributed by atoms with Crippen molar-refractivity contribution in [3.05, 3.63) is 35.9 Å². The second kappa shape index (κ2) is 5.27. The number of hydrogen-bond acceptors (Lipinski definition) is 3. The highest BCUT2D eigenvalue weighted by molar-refractivity contribution is 5.85. The van der Waals surface area contributed by atoms with Gasteiger partial charge in [0.15, 0.2) is 0 Å². The summed E-state index contributed by atoms with van der Waals surface area (Å²) in [5.74, 6) is -1.47. The molecule has 1 rings (SSSR count). The van der Waals surface area contributed by atoms with Crippen molar-refractivity contribution < 1.29 is 14.7 Å². The minimum Gasteiger partial charge on any atom is -0.480 e. The molecule has 16 heavy (non-hydrogen) atoms. The molecule has 0 aliphatic carbocycles. The highest BCUT2D eigenvalue weighted by Gasteiger charge is 2.20. The van der Waals surface area contributed by atoms with Gasteiger partial charge in [0.05, 0.1) is 0 Å². The second-order valence-electron chi connectivity index (χ2n) is 3.48. The van der Waals surface area contributed by atoms with Gasteiger partial charge in [-0.1, -0.05) is 30.3 Å². The standard InChI is InChI=1S/C11H14N2O3/c1-13(7-9(14)15)11(16)10(12)8-5-3-2-4-6-8/h2-6,10H,7,12H2,1H3,(H,14,15)/t10-/m1/s1. The number of rotatable bonds is 4. The van der Waals surface area contributed by atoms with E-state index in [-0.39, 0.29) is 6.54 Å². The molecule has 86 valence electrons. The molecule has 1 aromatic rings. The van der Waals surface area contributed by atoms with Gasteiger partial charge in [-0.25, -0.2) is 0 Å². The smallest absolute Gasteiger partial charge is 0.323 e. The summed E-state index contributed by atoms with van der Waals surface area (Å²) in [7, 11) is 1.42. The molecule has 0 unspecified atom stereocenters. The molecular formula is C11H14N2O3. The molecular weight excluding hydrogens is 208 g/mol. The minimum absolute atomic E-state index is 0.348. The summed E-state index contributed by atoms with van der Waals surface area (Å²) in [5, 5.41) is 8.55. The van der Waals surface area contributed by atoms with Gasteiger partial charge in [0.2, 0.25) is 5.91 Å². The number of likely N-dealkylation sites (N-methyl/N-ethyl adjacent to an activating group) is 1. The highest BCUT2D eigenvalue weighted by Crippen LogP contribution is 2.11. The minimum atomic E-state index is -1.06. The SMILES string of the molecule is CN(CC(=O)O)C(=O)[C@H](N)c1ccccc1. The molecule has 0 spiro atoms. The van der Waals surface area contributed by atoms with Crippen LogP contribution in [0, 0.1) is 0 Å². The van der Waals surface area contributed by atoms with Crippen LogP contribution >= 0.6 is 0 Å². The van der Waals surface area contributed by atoms with Crippen LogP contribution in [0.25, 0.3) is 0 Å². The average molecular weight is 222 g/mol. The summed E-state index contributed by atoms with van der Waals surface area (Å²) in [6.07, 6.45) is 0. The molecule has 0 bridgehead atoms. The average Bonchev–Trinajstić information content (AvgIpc) is 2.27. The summed E-state index contributed by atoms with van der Waals surface area (Å²) in [5.41, 5.74) is 6.40. The van der Waals surface area contributed by atoms with Crippen molar-refractivity contribution in [1.29, 1.82) is 0 Å². The number of carbonyl (C=O) groups excluding carboxylic acids is 1. The lowest BCUT2D eigenvalue weighted by Gasteiger charge is -2.19. The third-order valence-corrected chi connectivity index (χ3v) is 2.17. The molecule has 0 aliphatic heterocycles. The Morgan fingerprint density at radius 3 is 2.44 bits per heavy atom. The first-order chi connectivity index (χ1) is 7.52. The van der Waals surface area contributed by atoms with E-state index >= 15 is 0 Å². The molecule has 3 N–H and O–H groups in total. The van der Waals surface area contributed by atoms with Gasteiger partial charge in [-0.3, -0.25) is 9.59 Å². The quantitative estimate of drug-likeness (QED) is 0.763. The van der Waals surface area contributed by atoms with Crippen LogP contribution in [-0.2, 0) is 9.59 Å². The molecule has 1 amide bonds. The second-order valence-corrected chi connectivity index (χ2v) is 3.48. The monoisotopic (exact) mass is 222 g/mol. The molecule has 0 fully saturated rings. The molecule has 5 heteroatoms. The Labute approximate surface area is 93.5 Å². The Kier molecular flexibility index (Phi) is 4.02. The van der Waals surface area contributed by atoms with E-state index in [4.69, 9.17) is 10.8 Å². The Balaban J connectivity index is 2.71. The molecule has 1 atom stereocenters. The summed E-state index contributed by atoms with van der Waals surface area (Å²) in [6, 6.07) is 8.03. The van der Waals surface area contributed by atoms with Gasteiger partial charge < -0.3 is 15.7 Å². The molecule has 0 aromatic heterocycles. The first-order valence-electron chi connectivity index (χ1n) is 4.79. The zero-order valence-electron chi connectivity index (χ0n) is 8.96. The predicted molar refractivity (Wildman–Crippen MR) is 58.6 cm³/mol. The number of benzene rings is 1. The van der Waals surface area contributed by atoms with Crippen LogP contribution in [0.2, 0.25) is 0 Å². The van der Waals surface area contributed by atoms with Crippen molar-refractivity contribution in [1.82, 2.24) is 4.90 Å². The molecule has 1 aromatic carbocycles. The molecule has 0 saturated carbocycles. The largest absolute Gasteiger partial charge is 0.480 e. The fraction of sp³-hybridized carbons (Fsp3) is 0.273. The van der Waals surface area contributed by atoms with Gasteiger partial charge >= 0.3 is 5.97 Å². The summed E-state index contributed by atoms with van der Waals surface area (Å²) in [6.45, 7) is -0.348. The lowest BCUT2D eigenvalue weighted by atomic mass is 10.1. The third kappa shape index (κ3) is 3.06. The van der Waals surface area contributed by atoms with Crippen molar-refractivity contribution in [2.45, 2.75) is 6.04 Å². The fourth-order valence-electron chi connectivity index (χ4n) is 1.32. The Morgan fingerprint density at radius 1 is 1.38 bits per heavy atom. The van der Waals surface area contributed by atoms with E-state index in [2.05, 4.69) is 0 Å². The lowest BCUT2D eigenvalue weighted by molar-refractivity contribution is -0.144. The van der Waals surface area contributed by atoms with Crippen molar-refractivity contribution >= 4 is 11.9 Å². The Bertz CT molecular complexity index is 378. The van der Waals surface area contributed by atoms with E-state index in [1.165, 1.54) is 7.05 Å². The summed E-state index contributed by atoms with van der Waals surface area (Å²) < 4.78 is 0. The fourth-order valence-corrected chi connectivity index (χ4v) is 1.32. The van der Waals surface area contributed by atoms with Gasteiger partial charge in [-0.05, 0) is 5.56 Å². The molecule has 0 heterocycles. The summed E-state index contributed by atoms with van der Waals surface area (Å²) in [4.78, 5) is 23.3. The van der Waals surface area contributed by atoms with Gasteiger partial charge in [-0.15, -0.1) is 0 Å². The van der Waals surface area contributed by atoms with Crippen LogP contribution in [-0.4, -0.2) is 35.5 Å². The zero-order valence-corrected chi connectivity index (χ0v) is 8.96. The van der Waals surface area contributed by atoms with Crippen molar-refractivity contribution in [3.8, 4) is 0 Å². The normalized spacial score (nSPS) is 11.9. The van der Waals surface area contributed by atoms with Crippen LogP contribution in [0.1, 0.15) is 11.6 Å². The van der Waals surface area contributed by atoms with Crippen LogP contribution in [0.15, 0.2) is 30.3 Å². The van der Waals surface area contributed by atoms with Crippen molar-refractivity contribution in [3.63, 3.8) is 0 Å². The van der Waals surface area contributed by atoms with Crippen molar-refractivity contribution in [2.24, 2.45) is 5.73 Å². The molecule has 0 aliphatic rings. The Hall–Kier alpha value is -1.88. The van der Waals surface area contributed by atoms with Crippen LogP contribution in [0.3, 0.4) is 0 Å². The van der Waals surface area contributed by atoms with Gasteiger partial charge in [0.25, 0.3) is 0 Å². The maximum atomic E-state index is 11.7. The maximum absolute atomic E-state index is 11.7. The highest BCUT2D eigenvalue weighted by atomic mass is 16.4. The van der Waals surface area contributed by atoms with Crippen LogP contribution in [0.5, 0.6) is 0 Å². The molecule has 0 saturated heterocycles. The topological polar surface area (TPSA) is 83.6 Å². The number of carboxylic acids is 1. The maximum Gasteiger partial charge on any atom is 0.323 e. The number of nitrogens with zero attached hydrogens (tertiary/aromatic N) is 1. The third-order valence-electron chi connectivity index (χ3n) is 2.17. The summed E-state index contributed by atoms with van der Waals surface area (Å²) >= 11 is 0. The number of amides is 1. The Morgan fingerprint density at radius 2 is 1.94 bits per heavy atom.